The summed E-state index contributed by atoms with van der Waals surface area (Å²) < 4.78 is 17.4. The quantitative estimate of drug-likeness (QED) is 0.653. The lowest BCUT2D eigenvalue weighted by atomic mass is 10.2. The highest BCUT2D eigenvalue weighted by molar-refractivity contribution is 6.60. The van der Waals surface area contributed by atoms with Gasteiger partial charge in [0, 0.05) is 31.4 Å². The Hall–Kier alpha value is -1.09. The highest BCUT2D eigenvalue weighted by atomic mass is 28.4. The van der Waals surface area contributed by atoms with Crippen molar-refractivity contribution in [1.82, 2.24) is 15.4 Å². The third-order valence-electron chi connectivity index (χ3n) is 2.77. The minimum atomic E-state index is -2.56. The molecule has 0 unspecified atom stereocenters. The van der Waals surface area contributed by atoms with Gasteiger partial charge in [0.2, 0.25) is 0 Å². The summed E-state index contributed by atoms with van der Waals surface area (Å²) in [4.78, 5) is 0. The molecule has 7 nitrogen and oxygen atoms in total. The third kappa shape index (κ3) is 5.12. The first-order chi connectivity index (χ1) is 9.67. The number of nitrogen functional groups attached to an aromatic ring is 1. The van der Waals surface area contributed by atoms with Crippen LogP contribution < -0.4 is 5.73 Å². The van der Waals surface area contributed by atoms with Gasteiger partial charge in [-0.25, -0.2) is 0 Å². The van der Waals surface area contributed by atoms with E-state index in [-0.39, 0.29) is 0 Å². The maximum atomic E-state index is 5.80. The Morgan fingerprint density at radius 3 is 2.20 bits per heavy atom. The van der Waals surface area contributed by atoms with Gasteiger partial charge in [-0.1, -0.05) is 0 Å². The van der Waals surface area contributed by atoms with Crippen LogP contribution in [0.5, 0.6) is 0 Å². The summed E-state index contributed by atoms with van der Waals surface area (Å²) in [5, 5.41) is 11.0. The standard InChI is InChI=1S/C12H24N4O3Si/c1-4-17-20(18-5-2,19-6-3)9-7-8-11-10-14-16-15-12(11)13/h10H,4-9H2,1-3H3,(H2,13,14,15). The van der Waals surface area contributed by atoms with Crippen molar-refractivity contribution in [2.45, 2.75) is 39.7 Å². The minimum Gasteiger partial charge on any atom is -0.382 e. The summed E-state index contributed by atoms with van der Waals surface area (Å²) in [6.07, 6.45) is 3.26. The van der Waals surface area contributed by atoms with Gasteiger partial charge >= 0.3 is 8.80 Å². The van der Waals surface area contributed by atoms with Crippen LogP contribution in [0, 0.1) is 0 Å². The zero-order valence-corrected chi connectivity index (χ0v) is 13.5. The van der Waals surface area contributed by atoms with Crippen LogP contribution in [-0.2, 0) is 19.7 Å². The number of aryl methyl sites for hydroxylation is 1. The van der Waals surface area contributed by atoms with Crippen LogP contribution in [0.3, 0.4) is 0 Å². The van der Waals surface area contributed by atoms with E-state index in [4.69, 9.17) is 19.0 Å². The molecule has 0 saturated carbocycles. The predicted octanol–water partition coefficient (Wildman–Crippen LogP) is 1.43. The van der Waals surface area contributed by atoms with Crippen molar-refractivity contribution in [3.05, 3.63) is 11.8 Å². The molecule has 1 rings (SSSR count). The minimum absolute atomic E-state index is 0.427. The first kappa shape index (κ1) is 17.0. The molecule has 0 aromatic carbocycles. The van der Waals surface area contributed by atoms with Crippen molar-refractivity contribution in [2.24, 2.45) is 0 Å². The number of anilines is 1. The van der Waals surface area contributed by atoms with E-state index in [0.717, 1.165) is 24.4 Å². The first-order valence-corrected chi connectivity index (χ1v) is 8.95. The fourth-order valence-corrected chi connectivity index (χ4v) is 4.60. The summed E-state index contributed by atoms with van der Waals surface area (Å²) in [6.45, 7) is 7.63. The SMILES string of the molecule is CCO[Si](CCCc1cnnnc1N)(OCC)OCC. The molecule has 8 heteroatoms. The van der Waals surface area contributed by atoms with Crippen molar-refractivity contribution in [2.75, 3.05) is 25.6 Å². The average molecular weight is 300 g/mol. The molecule has 1 aromatic rings. The Morgan fingerprint density at radius 2 is 1.70 bits per heavy atom. The van der Waals surface area contributed by atoms with Gasteiger partial charge in [0.1, 0.15) is 0 Å². The Morgan fingerprint density at radius 1 is 1.10 bits per heavy atom. The normalized spacial score (nSPS) is 11.8. The summed E-state index contributed by atoms with van der Waals surface area (Å²) >= 11 is 0. The van der Waals surface area contributed by atoms with Crippen LogP contribution in [0.4, 0.5) is 5.82 Å². The number of nitrogens with zero attached hydrogens (tertiary/aromatic N) is 3. The average Bonchev–Trinajstić information content (AvgIpc) is 2.42. The van der Waals surface area contributed by atoms with Crippen LogP contribution in [-0.4, -0.2) is 44.0 Å². The van der Waals surface area contributed by atoms with E-state index >= 15 is 0 Å². The summed E-state index contributed by atoms with van der Waals surface area (Å²) in [5.74, 6) is 0.427. The molecule has 0 bridgehead atoms. The molecule has 0 amide bonds. The van der Waals surface area contributed by atoms with Gasteiger partial charge in [-0.3, -0.25) is 0 Å². The highest BCUT2D eigenvalue weighted by Gasteiger charge is 2.39. The molecule has 0 saturated heterocycles. The number of nitrogens with two attached hydrogens (primary N) is 1. The fraction of sp³-hybridized carbons (Fsp3) is 0.750. The van der Waals surface area contributed by atoms with E-state index in [1.807, 2.05) is 20.8 Å². The van der Waals surface area contributed by atoms with Gasteiger partial charge in [-0.2, -0.15) is 0 Å². The number of hydrogen-bond acceptors (Lipinski definition) is 7. The van der Waals surface area contributed by atoms with Crippen molar-refractivity contribution in [3.63, 3.8) is 0 Å². The molecular formula is C12H24N4O3Si. The second-order valence-corrected chi connectivity index (χ2v) is 6.91. The second kappa shape index (κ2) is 8.96. The van der Waals surface area contributed by atoms with Crippen LogP contribution in [0.1, 0.15) is 32.8 Å². The zero-order chi connectivity index (χ0) is 14.8. The van der Waals surface area contributed by atoms with Gasteiger partial charge in [0.15, 0.2) is 5.82 Å². The lowest BCUT2D eigenvalue weighted by molar-refractivity contribution is 0.0708. The van der Waals surface area contributed by atoms with E-state index in [2.05, 4.69) is 15.4 Å². The molecule has 1 aromatic heterocycles. The molecule has 0 fully saturated rings. The van der Waals surface area contributed by atoms with Crippen molar-refractivity contribution in [3.8, 4) is 0 Å². The lowest BCUT2D eigenvalue weighted by Gasteiger charge is -2.28. The smallest absolute Gasteiger partial charge is 0.382 e. The van der Waals surface area contributed by atoms with E-state index in [1.165, 1.54) is 0 Å². The number of rotatable bonds is 10. The predicted molar refractivity (Wildman–Crippen MR) is 78.0 cm³/mol. The van der Waals surface area contributed by atoms with Gasteiger partial charge in [-0.15, -0.1) is 10.2 Å². The highest BCUT2D eigenvalue weighted by Crippen LogP contribution is 2.20. The molecule has 20 heavy (non-hydrogen) atoms. The van der Waals surface area contributed by atoms with Crippen LogP contribution in [0.15, 0.2) is 6.20 Å². The largest absolute Gasteiger partial charge is 0.500 e. The molecule has 0 aliphatic carbocycles. The molecular weight excluding hydrogens is 276 g/mol. The monoisotopic (exact) mass is 300 g/mol. The Bertz CT molecular complexity index is 378. The number of aromatic nitrogens is 3. The molecule has 0 radical (unpaired) electrons. The number of hydrogen-bond donors (Lipinski definition) is 1. The van der Waals surface area contributed by atoms with Gasteiger partial charge in [0.05, 0.1) is 6.20 Å². The maximum Gasteiger partial charge on any atom is 0.500 e. The Balaban J connectivity index is 2.59. The third-order valence-corrected chi connectivity index (χ3v) is 5.92. The Labute approximate surface area is 121 Å². The molecule has 0 atom stereocenters. The van der Waals surface area contributed by atoms with E-state index in [1.54, 1.807) is 6.20 Å². The molecule has 0 spiro atoms. The van der Waals surface area contributed by atoms with Crippen LogP contribution in [0.25, 0.3) is 0 Å². The summed E-state index contributed by atoms with van der Waals surface area (Å²) in [6, 6.07) is 0.754. The van der Waals surface area contributed by atoms with Crippen LogP contribution >= 0.6 is 0 Å². The molecule has 0 aliphatic heterocycles. The maximum absolute atomic E-state index is 5.80. The van der Waals surface area contributed by atoms with Crippen LogP contribution in [0.2, 0.25) is 6.04 Å². The van der Waals surface area contributed by atoms with Gasteiger partial charge in [-0.05, 0) is 38.8 Å². The van der Waals surface area contributed by atoms with Crippen molar-refractivity contribution < 1.29 is 13.3 Å². The van der Waals surface area contributed by atoms with E-state index < -0.39 is 8.80 Å². The molecule has 114 valence electrons. The second-order valence-electron chi connectivity index (χ2n) is 4.18. The van der Waals surface area contributed by atoms with E-state index in [0.29, 0.717) is 25.6 Å². The van der Waals surface area contributed by atoms with Gasteiger partial charge < -0.3 is 19.0 Å². The lowest BCUT2D eigenvalue weighted by Crippen LogP contribution is -2.46. The molecule has 2 N–H and O–H groups in total. The van der Waals surface area contributed by atoms with Crippen molar-refractivity contribution >= 4 is 14.6 Å². The zero-order valence-electron chi connectivity index (χ0n) is 12.5. The molecule has 0 aliphatic rings. The van der Waals surface area contributed by atoms with Gasteiger partial charge in [0.25, 0.3) is 0 Å². The summed E-state index contributed by atoms with van der Waals surface area (Å²) in [5.41, 5.74) is 6.65. The topological polar surface area (TPSA) is 92.4 Å². The summed E-state index contributed by atoms with van der Waals surface area (Å²) in [7, 11) is -2.56. The van der Waals surface area contributed by atoms with Crippen molar-refractivity contribution in [1.29, 1.82) is 0 Å². The van der Waals surface area contributed by atoms with E-state index in [9.17, 15) is 0 Å². The molecule has 1 heterocycles. The fourth-order valence-electron chi connectivity index (χ4n) is 1.99. The Kier molecular flexibility index (Phi) is 7.59. The first-order valence-electron chi connectivity index (χ1n) is 7.02.